The summed E-state index contributed by atoms with van der Waals surface area (Å²) in [7, 11) is 7.75. The van der Waals surface area contributed by atoms with Gasteiger partial charge in [0.05, 0.1) is 27.5 Å². The molecule has 0 saturated carbocycles. The molecule has 5 aromatic rings. The first kappa shape index (κ1) is 27.4. The van der Waals surface area contributed by atoms with Gasteiger partial charge in [0.15, 0.2) is 0 Å². The Balaban J connectivity index is 1.44. The summed E-state index contributed by atoms with van der Waals surface area (Å²) in [4.78, 5) is 25.5. The van der Waals surface area contributed by atoms with Gasteiger partial charge < -0.3 is 19.7 Å². The zero-order valence-corrected chi connectivity index (χ0v) is 24.6. The van der Waals surface area contributed by atoms with Gasteiger partial charge in [0.1, 0.15) is 5.69 Å². The highest BCUT2D eigenvalue weighted by atomic mass is 16.6. The van der Waals surface area contributed by atoms with Gasteiger partial charge in [0.25, 0.3) is 5.69 Å². The number of para-hydroxylation sites is 1. The lowest BCUT2D eigenvalue weighted by molar-refractivity contribution is -0.384. The topological polar surface area (TPSA) is 110 Å². The molecule has 0 fully saturated rings. The lowest BCUT2D eigenvalue weighted by atomic mass is 10.00. The van der Waals surface area contributed by atoms with Crippen LogP contribution in [0.15, 0.2) is 55.0 Å². The molecule has 1 N–H and O–H groups in total. The molecule has 2 aromatic carbocycles. The molecule has 4 heterocycles. The van der Waals surface area contributed by atoms with Gasteiger partial charge in [-0.15, -0.1) is 0 Å². The van der Waals surface area contributed by atoms with Gasteiger partial charge in [0, 0.05) is 74.9 Å². The number of anilines is 3. The second-order valence-corrected chi connectivity index (χ2v) is 11.2. The predicted molar refractivity (Wildman–Crippen MR) is 166 cm³/mol. The Morgan fingerprint density at radius 2 is 1.95 bits per heavy atom. The van der Waals surface area contributed by atoms with Crippen molar-refractivity contribution in [2.45, 2.75) is 26.3 Å². The average molecular weight is 566 g/mol. The first-order valence-corrected chi connectivity index (χ1v) is 14.1. The number of nitro groups is 1. The van der Waals surface area contributed by atoms with Crippen LogP contribution >= 0.6 is 0 Å². The standard InChI is InChI=1S/C31H35N9O2/c1-20-16-27(37(4)15-14-36(2)3)28(40(41)42)17-25(20)34-31-32-18-23(26-11-12-33-38(26)5)29(35-31)24-19-39-13-7-9-21-8-6-10-22(24)30(21)39/h6,8,10-12,16-19H,7,9,13-15H2,1-5H3,(H,32,34,35). The number of likely N-dealkylation sites (N-methyl/N-ethyl adjacent to an activating group) is 2. The van der Waals surface area contributed by atoms with E-state index in [0.717, 1.165) is 59.4 Å². The fourth-order valence-corrected chi connectivity index (χ4v) is 5.78. The van der Waals surface area contributed by atoms with Crippen LogP contribution in [0.3, 0.4) is 0 Å². The van der Waals surface area contributed by atoms with Gasteiger partial charge >= 0.3 is 0 Å². The molecule has 0 saturated heterocycles. The molecule has 0 atom stereocenters. The van der Waals surface area contributed by atoms with Crippen LogP contribution in [0.25, 0.3) is 33.4 Å². The van der Waals surface area contributed by atoms with Crippen molar-refractivity contribution < 1.29 is 4.92 Å². The predicted octanol–water partition coefficient (Wildman–Crippen LogP) is 5.40. The summed E-state index contributed by atoms with van der Waals surface area (Å²) in [6.45, 7) is 4.34. The summed E-state index contributed by atoms with van der Waals surface area (Å²) in [6.07, 6.45) is 7.92. The third-order valence-corrected chi connectivity index (χ3v) is 8.03. The summed E-state index contributed by atoms with van der Waals surface area (Å²) in [5.74, 6) is 0.369. The van der Waals surface area contributed by atoms with Gasteiger partial charge in [-0.25, -0.2) is 9.97 Å². The summed E-state index contributed by atoms with van der Waals surface area (Å²) in [5.41, 5.74) is 8.24. The van der Waals surface area contributed by atoms with Crippen molar-refractivity contribution in [2.75, 3.05) is 44.4 Å². The molecular formula is C31H35N9O2. The van der Waals surface area contributed by atoms with Crippen molar-refractivity contribution in [1.29, 1.82) is 0 Å². The van der Waals surface area contributed by atoms with Crippen LogP contribution in [0.4, 0.5) is 23.0 Å². The molecule has 0 aliphatic carbocycles. The van der Waals surface area contributed by atoms with E-state index in [9.17, 15) is 10.1 Å². The SMILES string of the molecule is Cc1cc(N(C)CCN(C)C)c([N+](=O)[O-])cc1Nc1ncc(-c2ccnn2C)c(-c2cn3c4c(cccc24)CCC3)n1. The number of nitro benzene ring substituents is 1. The fraction of sp³-hybridized carbons (Fsp3) is 0.323. The summed E-state index contributed by atoms with van der Waals surface area (Å²) in [5, 5.41) is 20.9. The smallest absolute Gasteiger partial charge is 0.294 e. The molecule has 216 valence electrons. The molecule has 42 heavy (non-hydrogen) atoms. The Labute approximate surface area is 244 Å². The molecule has 0 amide bonds. The van der Waals surface area contributed by atoms with Gasteiger partial charge in [-0.1, -0.05) is 18.2 Å². The van der Waals surface area contributed by atoms with Crippen molar-refractivity contribution >= 4 is 33.9 Å². The monoisotopic (exact) mass is 565 g/mol. The molecule has 0 radical (unpaired) electrons. The second-order valence-electron chi connectivity index (χ2n) is 11.2. The van der Waals surface area contributed by atoms with E-state index in [0.29, 0.717) is 23.9 Å². The van der Waals surface area contributed by atoms with Gasteiger partial charge in [0.2, 0.25) is 5.95 Å². The van der Waals surface area contributed by atoms with Crippen LogP contribution in [0.2, 0.25) is 0 Å². The minimum absolute atomic E-state index is 0.0325. The normalized spacial score (nSPS) is 12.7. The van der Waals surface area contributed by atoms with Gasteiger partial charge in [-0.2, -0.15) is 5.10 Å². The third kappa shape index (κ3) is 4.96. The molecule has 1 aliphatic heterocycles. The highest BCUT2D eigenvalue weighted by molar-refractivity contribution is 6.00. The first-order valence-electron chi connectivity index (χ1n) is 14.1. The highest BCUT2D eigenvalue weighted by Crippen LogP contribution is 2.40. The molecule has 0 bridgehead atoms. The highest BCUT2D eigenvalue weighted by Gasteiger charge is 2.24. The van der Waals surface area contributed by atoms with E-state index in [1.807, 2.05) is 63.0 Å². The van der Waals surface area contributed by atoms with Crippen LogP contribution in [0.5, 0.6) is 0 Å². The van der Waals surface area contributed by atoms with E-state index in [4.69, 9.17) is 4.98 Å². The number of aryl methyl sites for hydroxylation is 4. The largest absolute Gasteiger partial charge is 0.368 e. The zero-order valence-electron chi connectivity index (χ0n) is 24.6. The van der Waals surface area contributed by atoms with E-state index >= 15 is 0 Å². The fourth-order valence-electron chi connectivity index (χ4n) is 5.78. The number of hydrogen-bond acceptors (Lipinski definition) is 8. The van der Waals surface area contributed by atoms with E-state index in [2.05, 4.69) is 49.3 Å². The molecule has 11 nitrogen and oxygen atoms in total. The third-order valence-electron chi connectivity index (χ3n) is 8.03. The van der Waals surface area contributed by atoms with Crippen molar-refractivity contribution in [3.05, 3.63) is 76.2 Å². The number of rotatable bonds is 9. The Bertz CT molecular complexity index is 1800. The molecular weight excluding hydrogens is 530 g/mol. The zero-order chi connectivity index (χ0) is 29.5. The summed E-state index contributed by atoms with van der Waals surface area (Å²) in [6, 6.07) is 11.9. The Morgan fingerprint density at radius 3 is 2.69 bits per heavy atom. The number of benzene rings is 2. The van der Waals surface area contributed by atoms with Crippen molar-refractivity contribution in [3.8, 4) is 22.5 Å². The maximum atomic E-state index is 12.1. The van der Waals surface area contributed by atoms with Crippen molar-refractivity contribution in [3.63, 3.8) is 0 Å². The number of hydrogen-bond donors (Lipinski definition) is 1. The molecule has 6 rings (SSSR count). The number of aromatic nitrogens is 5. The van der Waals surface area contributed by atoms with E-state index < -0.39 is 0 Å². The summed E-state index contributed by atoms with van der Waals surface area (Å²) < 4.78 is 4.14. The van der Waals surface area contributed by atoms with Gasteiger partial charge in [-0.3, -0.25) is 14.8 Å². The first-order chi connectivity index (χ1) is 20.2. The Morgan fingerprint density at radius 1 is 1.12 bits per heavy atom. The molecule has 3 aromatic heterocycles. The van der Waals surface area contributed by atoms with E-state index in [1.54, 1.807) is 12.3 Å². The van der Waals surface area contributed by atoms with Crippen molar-refractivity contribution in [1.82, 2.24) is 29.2 Å². The molecule has 0 spiro atoms. The minimum Gasteiger partial charge on any atom is -0.368 e. The molecule has 1 aliphatic rings. The Hall–Kier alpha value is -4.77. The van der Waals surface area contributed by atoms with Crippen molar-refractivity contribution in [2.24, 2.45) is 7.05 Å². The van der Waals surface area contributed by atoms with E-state index in [1.165, 1.54) is 11.1 Å². The molecule has 0 unspecified atom stereocenters. The number of nitrogens with one attached hydrogen (secondary N) is 1. The van der Waals surface area contributed by atoms with Crippen LogP contribution in [0, 0.1) is 17.0 Å². The van der Waals surface area contributed by atoms with Gasteiger partial charge in [-0.05, 0) is 57.1 Å². The van der Waals surface area contributed by atoms with Crippen LogP contribution in [0.1, 0.15) is 17.5 Å². The maximum Gasteiger partial charge on any atom is 0.294 e. The molecule has 11 heteroatoms. The van der Waals surface area contributed by atoms with E-state index in [-0.39, 0.29) is 10.6 Å². The average Bonchev–Trinajstić information content (AvgIpc) is 3.57. The lowest BCUT2D eigenvalue weighted by Gasteiger charge is -2.22. The Kier molecular flexibility index (Phi) is 7.11. The summed E-state index contributed by atoms with van der Waals surface area (Å²) >= 11 is 0. The minimum atomic E-state index is -0.336. The maximum absolute atomic E-state index is 12.1. The number of nitrogens with zero attached hydrogens (tertiary/aromatic N) is 8. The van der Waals surface area contributed by atoms with Crippen LogP contribution in [-0.2, 0) is 20.0 Å². The lowest BCUT2D eigenvalue weighted by Crippen LogP contribution is -2.29. The van der Waals surface area contributed by atoms with Crippen LogP contribution in [-0.4, -0.2) is 68.4 Å². The van der Waals surface area contributed by atoms with Crippen LogP contribution < -0.4 is 10.2 Å². The second kappa shape index (κ2) is 10.9. The quantitative estimate of drug-likeness (QED) is 0.187.